The molecule has 2 aromatic rings. The van der Waals surface area contributed by atoms with E-state index in [9.17, 15) is 26.4 Å². The number of amides is 1. The molecule has 2 aromatic carbocycles. The maximum absolute atomic E-state index is 13.8. The van der Waals surface area contributed by atoms with E-state index in [1.54, 1.807) is 4.90 Å². The fourth-order valence-corrected chi connectivity index (χ4v) is 4.39. The van der Waals surface area contributed by atoms with Crippen molar-refractivity contribution in [3.63, 3.8) is 0 Å². The van der Waals surface area contributed by atoms with E-state index in [-0.39, 0.29) is 43.3 Å². The average Bonchev–Trinajstić information content (AvgIpc) is 2.65. The van der Waals surface area contributed by atoms with Crippen molar-refractivity contribution in [3.8, 4) is 0 Å². The maximum Gasteiger partial charge on any atom is 0.246 e. The Balaban J connectivity index is 1.57. The standard InChI is InChI=1S/C18H18F3N3O3S/c19-13-5-6-14(20)16(11-13)22-18(25)12-23-7-9-24(10-8-23)28(26,27)17-4-2-1-3-15(17)21/h1-6,11H,7-10,12H2,(H,22,25). The van der Waals surface area contributed by atoms with E-state index in [0.29, 0.717) is 0 Å². The van der Waals surface area contributed by atoms with Crippen molar-refractivity contribution in [1.82, 2.24) is 9.21 Å². The fourth-order valence-electron chi connectivity index (χ4n) is 2.91. The highest BCUT2D eigenvalue weighted by atomic mass is 32.2. The van der Waals surface area contributed by atoms with E-state index in [1.165, 1.54) is 18.2 Å². The number of hydrogen-bond acceptors (Lipinski definition) is 4. The molecule has 0 bridgehead atoms. The van der Waals surface area contributed by atoms with Crippen molar-refractivity contribution in [2.75, 3.05) is 38.0 Å². The van der Waals surface area contributed by atoms with E-state index < -0.39 is 33.4 Å². The Labute approximate surface area is 160 Å². The smallest absolute Gasteiger partial charge is 0.246 e. The van der Waals surface area contributed by atoms with Gasteiger partial charge in [0.05, 0.1) is 12.2 Å². The largest absolute Gasteiger partial charge is 0.322 e. The average molecular weight is 413 g/mol. The SMILES string of the molecule is O=C(CN1CCN(S(=O)(=O)c2ccccc2F)CC1)Nc1cc(F)ccc1F. The molecule has 150 valence electrons. The van der Waals surface area contributed by atoms with Gasteiger partial charge in [0.2, 0.25) is 15.9 Å². The fraction of sp³-hybridized carbons (Fsp3) is 0.278. The van der Waals surface area contributed by atoms with Crippen molar-refractivity contribution in [2.24, 2.45) is 0 Å². The summed E-state index contributed by atoms with van der Waals surface area (Å²) < 4.78 is 66.9. The zero-order valence-electron chi connectivity index (χ0n) is 14.7. The molecule has 3 rings (SSSR count). The molecule has 1 amide bonds. The zero-order chi connectivity index (χ0) is 20.3. The molecule has 0 atom stereocenters. The van der Waals surface area contributed by atoms with Gasteiger partial charge in [0.15, 0.2) is 0 Å². The van der Waals surface area contributed by atoms with Gasteiger partial charge in [-0.15, -0.1) is 0 Å². The van der Waals surface area contributed by atoms with E-state index in [0.717, 1.165) is 28.6 Å². The minimum absolute atomic E-state index is 0.0816. The van der Waals surface area contributed by atoms with E-state index >= 15 is 0 Å². The summed E-state index contributed by atoms with van der Waals surface area (Å²) in [7, 11) is -3.96. The van der Waals surface area contributed by atoms with Gasteiger partial charge in [-0.1, -0.05) is 12.1 Å². The maximum atomic E-state index is 13.8. The molecule has 1 fully saturated rings. The number of hydrogen-bond donors (Lipinski definition) is 1. The summed E-state index contributed by atoms with van der Waals surface area (Å²) in [5, 5.41) is 2.30. The number of nitrogens with one attached hydrogen (secondary N) is 1. The molecule has 1 heterocycles. The lowest BCUT2D eigenvalue weighted by Crippen LogP contribution is -2.50. The second kappa shape index (κ2) is 8.29. The van der Waals surface area contributed by atoms with Crippen LogP contribution >= 0.6 is 0 Å². The Hall–Kier alpha value is -2.43. The summed E-state index contributed by atoms with van der Waals surface area (Å²) in [5.74, 6) is -2.80. The Morgan fingerprint density at radius 1 is 0.964 bits per heavy atom. The number of nitrogens with zero attached hydrogens (tertiary/aromatic N) is 2. The first kappa shape index (κ1) is 20.3. The Morgan fingerprint density at radius 2 is 1.64 bits per heavy atom. The summed E-state index contributed by atoms with van der Waals surface area (Å²) in [5.41, 5.74) is -0.259. The first-order chi connectivity index (χ1) is 13.3. The first-order valence-electron chi connectivity index (χ1n) is 8.49. The summed E-state index contributed by atoms with van der Waals surface area (Å²) in [6, 6.07) is 7.88. The van der Waals surface area contributed by atoms with Crippen LogP contribution in [0.15, 0.2) is 47.4 Å². The van der Waals surface area contributed by atoms with Gasteiger partial charge in [-0.25, -0.2) is 21.6 Å². The van der Waals surface area contributed by atoms with Crippen LogP contribution in [0.5, 0.6) is 0 Å². The molecule has 0 saturated carbocycles. The third kappa shape index (κ3) is 4.51. The van der Waals surface area contributed by atoms with Gasteiger partial charge < -0.3 is 5.32 Å². The molecule has 6 nitrogen and oxygen atoms in total. The summed E-state index contributed by atoms with van der Waals surface area (Å²) in [6.45, 7) is 0.541. The first-order valence-corrected chi connectivity index (χ1v) is 9.93. The molecule has 0 aromatic heterocycles. The second-order valence-electron chi connectivity index (χ2n) is 6.28. The molecule has 1 saturated heterocycles. The molecular weight excluding hydrogens is 395 g/mol. The minimum Gasteiger partial charge on any atom is -0.322 e. The number of carbonyl (C=O) groups excluding carboxylic acids is 1. The van der Waals surface area contributed by atoms with E-state index in [1.807, 2.05) is 0 Å². The van der Waals surface area contributed by atoms with Crippen LogP contribution in [-0.4, -0.2) is 56.3 Å². The van der Waals surface area contributed by atoms with Crippen LogP contribution in [0.25, 0.3) is 0 Å². The number of carbonyl (C=O) groups is 1. The topological polar surface area (TPSA) is 69.7 Å². The van der Waals surface area contributed by atoms with Crippen molar-refractivity contribution in [1.29, 1.82) is 0 Å². The van der Waals surface area contributed by atoms with Crippen molar-refractivity contribution < 1.29 is 26.4 Å². The molecule has 1 aliphatic heterocycles. The number of benzene rings is 2. The van der Waals surface area contributed by atoms with Crippen LogP contribution in [0.4, 0.5) is 18.9 Å². The third-order valence-corrected chi connectivity index (χ3v) is 6.29. The monoisotopic (exact) mass is 413 g/mol. The van der Waals surface area contributed by atoms with Gasteiger partial charge in [0.25, 0.3) is 0 Å². The minimum atomic E-state index is -3.96. The number of piperazine rings is 1. The van der Waals surface area contributed by atoms with Crippen LogP contribution in [0.2, 0.25) is 0 Å². The Morgan fingerprint density at radius 3 is 2.32 bits per heavy atom. The van der Waals surface area contributed by atoms with Crippen LogP contribution in [-0.2, 0) is 14.8 Å². The van der Waals surface area contributed by atoms with Gasteiger partial charge in [0, 0.05) is 32.2 Å². The lowest BCUT2D eigenvalue weighted by Gasteiger charge is -2.33. The lowest BCUT2D eigenvalue weighted by molar-refractivity contribution is -0.117. The molecular formula is C18H18F3N3O3S. The molecule has 1 N–H and O–H groups in total. The second-order valence-corrected chi connectivity index (χ2v) is 8.19. The summed E-state index contributed by atoms with van der Waals surface area (Å²) in [4.78, 5) is 13.4. The van der Waals surface area contributed by atoms with Crippen LogP contribution in [0.1, 0.15) is 0 Å². The highest BCUT2D eigenvalue weighted by molar-refractivity contribution is 7.89. The zero-order valence-corrected chi connectivity index (χ0v) is 15.6. The quantitative estimate of drug-likeness (QED) is 0.815. The van der Waals surface area contributed by atoms with E-state index in [4.69, 9.17) is 0 Å². The number of anilines is 1. The van der Waals surface area contributed by atoms with Gasteiger partial charge >= 0.3 is 0 Å². The predicted molar refractivity (Wildman–Crippen MR) is 96.6 cm³/mol. The summed E-state index contributed by atoms with van der Waals surface area (Å²) in [6.07, 6.45) is 0. The number of halogens is 3. The lowest BCUT2D eigenvalue weighted by atomic mass is 10.3. The van der Waals surface area contributed by atoms with E-state index in [2.05, 4.69) is 5.32 Å². The van der Waals surface area contributed by atoms with Gasteiger partial charge in [-0.2, -0.15) is 4.31 Å². The van der Waals surface area contributed by atoms with Crippen molar-refractivity contribution in [3.05, 3.63) is 59.9 Å². The third-order valence-electron chi connectivity index (χ3n) is 4.36. The molecule has 0 aliphatic carbocycles. The molecule has 0 unspecified atom stereocenters. The molecule has 1 aliphatic rings. The van der Waals surface area contributed by atoms with Gasteiger partial charge in [0.1, 0.15) is 22.3 Å². The van der Waals surface area contributed by atoms with Gasteiger partial charge in [-0.05, 0) is 24.3 Å². The van der Waals surface area contributed by atoms with Crippen LogP contribution in [0.3, 0.4) is 0 Å². The Bertz CT molecular complexity index is 977. The highest BCUT2D eigenvalue weighted by Crippen LogP contribution is 2.20. The molecule has 10 heteroatoms. The van der Waals surface area contributed by atoms with Crippen LogP contribution < -0.4 is 5.32 Å². The number of sulfonamides is 1. The predicted octanol–water partition coefficient (Wildman–Crippen LogP) is 2.05. The highest BCUT2D eigenvalue weighted by Gasteiger charge is 2.30. The normalized spacial score (nSPS) is 16.1. The van der Waals surface area contributed by atoms with Gasteiger partial charge in [-0.3, -0.25) is 9.69 Å². The van der Waals surface area contributed by atoms with Crippen molar-refractivity contribution >= 4 is 21.6 Å². The molecule has 28 heavy (non-hydrogen) atoms. The Kier molecular flexibility index (Phi) is 6.01. The summed E-state index contributed by atoms with van der Waals surface area (Å²) >= 11 is 0. The number of rotatable bonds is 5. The molecule has 0 radical (unpaired) electrons. The molecule has 0 spiro atoms. The van der Waals surface area contributed by atoms with Crippen molar-refractivity contribution in [2.45, 2.75) is 4.90 Å². The van der Waals surface area contributed by atoms with Crippen LogP contribution in [0, 0.1) is 17.5 Å².